The van der Waals surface area contributed by atoms with Gasteiger partial charge < -0.3 is 14.6 Å². The van der Waals surface area contributed by atoms with Crippen molar-refractivity contribution in [2.24, 2.45) is 0 Å². The van der Waals surface area contributed by atoms with Gasteiger partial charge in [-0.05, 0) is 30.5 Å². The van der Waals surface area contributed by atoms with E-state index in [1.54, 1.807) is 12.1 Å². The maximum Gasteiger partial charge on any atom is 0.321 e. The van der Waals surface area contributed by atoms with Gasteiger partial charge in [-0.25, -0.2) is 4.39 Å². The van der Waals surface area contributed by atoms with Gasteiger partial charge in [0.25, 0.3) is 0 Å². The first-order valence-electron chi connectivity index (χ1n) is 6.72. The molecule has 5 nitrogen and oxygen atoms in total. The van der Waals surface area contributed by atoms with Crippen LogP contribution < -0.4 is 5.32 Å². The Hall–Kier alpha value is -1.95. The molecule has 1 aromatic heterocycles. The Bertz CT molecular complexity index is 550. The third-order valence-electron chi connectivity index (χ3n) is 3.25. The van der Waals surface area contributed by atoms with E-state index in [9.17, 15) is 4.39 Å². The Balaban J connectivity index is 1.54. The van der Waals surface area contributed by atoms with E-state index in [2.05, 4.69) is 15.5 Å². The van der Waals surface area contributed by atoms with E-state index in [1.807, 2.05) is 0 Å². The van der Waals surface area contributed by atoms with Crippen LogP contribution in [0.4, 0.5) is 10.4 Å². The van der Waals surface area contributed by atoms with Gasteiger partial charge >= 0.3 is 6.01 Å². The lowest BCUT2D eigenvalue weighted by Crippen LogP contribution is -2.18. The number of ether oxygens (including phenoxy) is 1. The third kappa shape index (κ3) is 3.33. The molecule has 1 aliphatic heterocycles. The standard InChI is InChI=1S/C14H16FN3O2/c15-11-5-3-10(4-6-11)8-13-17-14(20-18-13)16-9-12-2-1-7-19-12/h3-6,12H,1-2,7-9H2,(H,16,17,18). The highest BCUT2D eigenvalue weighted by molar-refractivity contribution is 5.23. The van der Waals surface area contributed by atoms with Crippen LogP contribution in [0, 0.1) is 5.82 Å². The highest BCUT2D eigenvalue weighted by Crippen LogP contribution is 2.14. The van der Waals surface area contributed by atoms with Gasteiger partial charge in [-0.1, -0.05) is 17.3 Å². The van der Waals surface area contributed by atoms with Crippen LogP contribution in [-0.2, 0) is 11.2 Å². The molecular formula is C14H16FN3O2. The third-order valence-corrected chi connectivity index (χ3v) is 3.25. The second-order valence-corrected chi connectivity index (χ2v) is 4.83. The van der Waals surface area contributed by atoms with Crippen molar-refractivity contribution >= 4 is 6.01 Å². The summed E-state index contributed by atoms with van der Waals surface area (Å²) in [5, 5.41) is 6.97. The summed E-state index contributed by atoms with van der Waals surface area (Å²) >= 11 is 0. The first-order valence-corrected chi connectivity index (χ1v) is 6.72. The molecule has 3 rings (SSSR count). The Morgan fingerprint density at radius 2 is 2.15 bits per heavy atom. The van der Waals surface area contributed by atoms with Gasteiger partial charge in [0, 0.05) is 19.6 Å². The molecule has 20 heavy (non-hydrogen) atoms. The van der Waals surface area contributed by atoms with Crippen molar-refractivity contribution in [3.05, 3.63) is 41.5 Å². The first-order chi connectivity index (χ1) is 9.79. The van der Waals surface area contributed by atoms with E-state index in [0.29, 0.717) is 24.8 Å². The lowest BCUT2D eigenvalue weighted by atomic mass is 10.1. The minimum atomic E-state index is -0.249. The van der Waals surface area contributed by atoms with E-state index < -0.39 is 0 Å². The number of hydrogen-bond acceptors (Lipinski definition) is 5. The van der Waals surface area contributed by atoms with Gasteiger partial charge in [-0.15, -0.1) is 0 Å². The molecular weight excluding hydrogens is 261 g/mol. The smallest absolute Gasteiger partial charge is 0.321 e. The van der Waals surface area contributed by atoms with Crippen LogP contribution in [0.15, 0.2) is 28.8 Å². The minimum absolute atomic E-state index is 0.224. The highest BCUT2D eigenvalue weighted by atomic mass is 19.1. The molecule has 2 heterocycles. The largest absolute Gasteiger partial charge is 0.376 e. The van der Waals surface area contributed by atoms with Crippen molar-refractivity contribution < 1.29 is 13.7 Å². The van der Waals surface area contributed by atoms with Gasteiger partial charge in [-0.3, -0.25) is 0 Å². The molecule has 0 spiro atoms. The fourth-order valence-electron chi connectivity index (χ4n) is 2.19. The summed E-state index contributed by atoms with van der Waals surface area (Å²) in [5.74, 6) is 0.326. The predicted octanol–water partition coefficient (Wildman–Crippen LogP) is 2.39. The van der Waals surface area contributed by atoms with Crippen molar-refractivity contribution in [1.82, 2.24) is 10.1 Å². The number of nitrogens with zero attached hydrogens (tertiary/aromatic N) is 2. The number of hydrogen-bond donors (Lipinski definition) is 1. The topological polar surface area (TPSA) is 60.2 Å². The lowest BCUT2D eigenvalue weighted by Gasteiger charge is -2.07. The zero-order valence-corrected chi connectivity index (χ0v) is 11.0. The van der Waals surface area contributed by atoms with Crippen molar-refractivity contribution in [2.45, 2.75) is 25.4 Å². The zero-order valence-electron chi connectivity index (χ0n) is 11.0. The highest BCUT2D eigenvalue weighted by Gasteiger charge is 2.16. The molecule has 1 saturated heterocycles. The van der Waals surface area contributed by atoms with Crippen molar-refractivity contribution in [3.63, 3.8) is 0 Å². The van der Waals surface area contributed by atoms with E-state index in [0.717, 1.165) is 25.0 Å². The molecule has 1 fully saturated rings. The van der Waals surface area contributed by atoms with Crippen LogP contribution in [0.25, 0.3) is 0 Å². The average Bonchev–Trinajstić information content (AvgIpc) is 3.10. The van der Waals surface area contributed by atoms with Crippen molar-refractivity contribution in [2.75, 3.05) is 18.5 Å². The first kappa shape index (κ1) is 13.1. The van der Waals surface area contributed by atoms with Gasteiger partial charge in [0.1, 0.15) is 5.82 Å². The van der Waals surface area contributed by atoms with Gasteiger partial charge in [0.05, 0.1) is 6.10 Å². The number of benzene rings is 1. The maximum atomic E-state index is 12.8. The van der Waals surface area contributed by atoms with E-state index in [4.69, 9.17) is 9.26 Å². The molecule has 1 N–H and O–H groups in total. The number of nitrogens with one attached hydrogen (secondary N) is 1. The average molecular weight is 277 g/mol. The second-order valence-electron chi connectivity index (χ2n) is 4.83. The van der Waals surface area contributed by atoms with Crippen LogP contribution in [-0.4, -0.2) is 29.4 Å². The Labute approximate surface area is 116 Å². The SMILES string of the molecule is Fc1ccc(Cc2noc(NCC3CCCO3)n2)cc1. The van der Waals surface area contributed by atoms with Gasteiger partial charge in [0.2, 0.25) is 0 Å². The molecule has 1 aromatic carbocycles. The predicted molar refractivity (Wildman–Crippen MR) is 71.0 cm³/mol. The summed E-state index contributed by atoms with van der Waals surface area (Å²) < 4.78 is 23.4. The molecule has 0 saturated carbocycles. The fourth-order valence-corrected chi connectivity index (χ4v) is 2.19. The van der Waals surface area contributed by atoms with Gasteiger partial charge in [-0.2, -0.15) is 4.98 Å². The lowest BCUT2D eigenvalue weighted by molar-refractivity contribution is 0.120. The molecule has 0 amide bonds. The Morgan fingerprint density at radius 1 is 1.30 bits per heavy atom. The van der Waals surface area contributed by atoms with Crippen LogP contribution in [0.3, 0.4) is 0 Å². The summed E-state index contributed by atoms with van der Waals surface area (Å²) in [6, 6.07) is 6.67. The number of rotatable bonds is 5. The number of anilines is 1. The summed E-state index contributed by atoms with van der Waals surface area (Å²) in [5.41, 5.74) is 0.942. The molecule has 106 valence electrons. The van der Waals surface area contributed by atoms with Crippen molar-refractivity contribution in [3.8, 4) is 0 Å². The Kier molecular flexibility index (Phi) is 3.92. The monoisotopic (exact) mass is 277 g/mol. The van der Waals surface area contributed by atoms with Crippen LogP contribution in [0.2, 0.25) is 0 Å². The molecule has 0 aliphatic carbocycles. The number of halogens is 1. The second kappa shape index (κ2) is 6.00. The van der Waals surface area contributed by atoms with Crippen LogP contribution in [0.5, 0.6) is 0 Å². The Morgan fingerprint density at radius 3 is 2.90 bits per heavy atom. The van der Waals surface area contributed by atoms with E-state index in [-0.39, 0.29) is 11.9 Å². The van der Waals surface area contributed by atoms with E-state index >= 15 is 0 Å². The molecule has 0 radical (unpaired) electrons. The van der Waals surface area contributed by atoms with Crippen LogP contribution in [0.1, 0.15) is 24.2 Å². The summed E-state index contributed by atoms with van der Waals surface area (Å²) in [6.07, 6.45) is 2.91. The normalized spacial score (nSPS) is 18.4. The molecule has 1 atom stereocenters. The van der Waals surface area contributed by atoms with E-state index in [1.165, 1.54) is 12.1 Å². The van der Waals surface area contributed by atoms with Crippen molar-refractivity contribution in [1.29, 1.82) is 0 Å². The molecule has 1 aliphatic rings. The fraction of sp³-hybridized carbons (Fsp3) is 0.429. The zero-order chi connectivity index (χ0) is 13.8. The summed E-state index contributed by atoms with van der Waals surface area (Å²) in [7, 11) is 0. The quantitative estimate of drug-likeness (QED) is 0.909. The molecule has 2 aromatic rings. The molecule has 0 bridgehead atoms. The van der Waals surface area contributed by atoms with Gasteiger partial charge in [0.15, 0.2) is 5.82 Å². The molecule has 1 unspecified atom stereocenters. The van der Waals surface area contributed by atoms with Crippen LogP contribution >= 0.6 is 0 Å². The number of aromatic nitrogens is 2. The summed E-state index contributed by atoms with van der Waals surface area (Å²) in [6.45, 7) is 1.50. The summed E-state index contributed by atoms with van der Waals surface area (Å²) in [4.78, 5) is 4.25. The molecule has 6 heteroatoms. The maximum absolute atomic E-state index is 12.8. The minimum Gasteiger partial charge on any atom is -0.376 e.